The number of imidazole rings is 1. The Bertz CT molecular complexity index is 884. The van der Waals surface area contributed by atoms with Crippen molar-refractivity contribution in [2.24, 2.45) is 12.8 Å². The van der Waals surface area contributed by atoms with Crippen LogP contribution in [0.2, 0.25) is 0 Å². The smallest absolute Gasteiger partial charge is 0.332 e. The second kappa shape index (κ2) is 11.1. The minimum absolute atomic E-state index is 0.324. The second-order valence-electron chi connectivity index (χ2n) is 7.65. The zero-order valence-corrected chi connectivity index (χ0v) is 17.8. The van der Waals surface area contributed by atoms with Crippen LogP contribution in [0.4, 0.5) is 5.95 Å². The molecule has 2 heterocycles. The number of anilines is 1. The topological polar surface area (TPSA) is 134 Å². The van der Waals surface area contributed by atoms with Gasteiger partial charge in [0.05, 0.1) is 6.10 Å². The number of unbranched alkanes of at least 4 members (excludes halogenated alkanes) is 1. The van der Waals surface area contributed by atoms with Gasteiger partial charge in [-0.15, -0.1) is 0 Å². The van der Waals surface area contributed by atoms with Crippen molar-refractivity contribution in [2.75, 3.05) is 38.5 Å². The molecular weight excluding hydrogens is 374 g/mol. The second-order valence-corrected chi connectivity index (χ2v) is 7.65. The van der Waals surface area contributed by atoms with Gasteiger partial charge < -0.3 is 26.0 Å². The largest absolute Gasteiger partial charge is 0.393 e. The maximum Gasteiger partial charge on any atom is 0.332 e. The van der Waals surface area contributed by atoms with Crippen LogP contribution in [0.3, 0.4) is 0 Å². The third-order valence-corrected chi connectivity index (χ3v) is 4.99. The predicted octanol–water partition coefficient (Wildman–Crippen LogP) is 0.0570. The van der Waals surface area contributed by atoms with Crippen LogP contribution >= 0.6 is 0 Å². The Morgan fingerprint density at radius 2 is 1.97 bits per heavy atom. The summed E-state index contributed by atoms with van der Waals surface area (Å²) in [4.78, 5) is 34.9. The molecule has 0 saturated carbocycles. The van der Waals surface area contributed by atoms with Crippen LogP contribution in [0.15, 0.2) is 9.59 Å². The first-order valence-corrected chi connectivity index (χ1v) is 10.3. The Morgan fingerprint density at radius 3 is 2.66 bits per heavy atom. The zero-order valence-electron chi connectivity index (χ0n) is 17.8. The number of aromatic nitrogens is 4. The molecule has 29 heavy (non-hydrogen) atoms. The molecule has 0 saturated heterocycles. The number of nitrogens with one attached hydrogen (secondary N) is 2. The fourth-order valence-electron chi connectivity index (χ4n) is 3.27. The normalized spacial score (nSPS) is 12.8. The van der Waals surface area contributed by atoms with Crippen molar-refractivity contribution in [1.82, 2.24) is 24.0 Å². The van der Waals surface area contributed by atoms with E-state index in [9.17, 15) is 14.7 Å². The summed E-state index contributed by atoms with van der Waals surface area (Å²) in [5, 5.41) is 12.5. The van der Waals surface area contributed by atoms with Gasteiger partial charge >= 0.3 is 5.69 Å². The predicted molar refractivity (Wildman–Crippen MR) is 115 cm³/mol. The lowest BCUT2D eigenvalue weighted by Gasteiger charge is -2.15. The highest BCUT2D eigenvalue weighted by molar-refractivity contribution is 5.72. The van der Waals surface area contributed by atoms with E-state index in [4.69, 9.17) is 5.73 Å². The van der Waals surface area contributed by atoms with E-state index in [0.717, 1.165) is 32.4 Å². The number of nitrogens with two attached hydrogens (primary N) is 1. The molecule has 0 aliphatic carbocycles. The van der Waals surface area contributed by atoms with Crippen molar-refractivity contribution in [1.29, 1.82) is 0 Å². The molecule has 2 aromatic heterocycles. The summed E-state index contributed by atoms with van der Waals surface area (Å²) in [5.41, 5.74) is 5.46. The number of rotatable bonds is 13. The van der Waals surface area contributed by atoms with Gasteiger partial charge in [-0.2, -0.15) is 4.98 Å². The number of hydrogen-bond acceptors (Lipinski definition) is 7. The fraction of sp³-hybridized carbons (Fsp3) is 0.737. The maximum absolute atomic E-state index is 12.7. The molecule has 2 aromatic rings. The highest BCUT2D eigenvalue weighted by Crippen LogP contribution is 2.09. The van der Waals surface area contributed by atoms with Gasteiger partial charge in [0.1, 0.15) is 0 Å². The van der Waals surface area contributed by atoms with E-state index in [1.54, 1.807) is 14.0 Å². The summed E-state index contributed by atoms with van der Waals surface area (Å²) in [6.07, 6.45) is 3.58. The molecule has 1 atom stereocenters. The van der Waals surface area contributed by atoms with Gasteiger partial charge in [0.25, 0.3) is 5.56 Å². The van der Waals surface area contributed by atoms with Gasteiger partial charge in [0, 0.05) is 20.1 Å². The molecule has 0 aliphatic heterocycles. The van der Waals surface area contributed by atoms with E-state index in [-0.39, 0.29) is 17.4 Å². The summed E-state index contributed by atoms with van der Waals surface area (Å²) in [5.74, 6) is 0.489. The Balaban J connectivity index is 2.03. The van der Waals surface area contributed by atoms with E-state index in [1.165, 1.54) is 9.13 Å². The SMILES string of the molecule is CC(O)CCCCn1c(=O)c2[nH]c(NCCCN(C)CCCN)nc2n(C)c1=O. The van der Waals surface area contributed by atoms with E-state index < -0.39 is 0 Å². The number of nitrogens with zero attached hydrogens (tertiary/aromatic N) is 4. The Hall–Kier alpha value is -2.17. The number of aliphatic hydroxyl groups is 1. The summed E-state index contributed by atoms with van der Waals surface area (Å²) in [7, 11) is 3.68. The van der Waals surface area contributed by atoms with Gasteiger partial charge in [-0.1, -0.05) is 0 Å². The van der Waals surface area contributed by atoms with Crippen LogP contribution in [0.5, 0.6) is 0 Å². The summed E-state index contributed by atoms with van der Waals surface area (Å²) in [6.45, 7) is 5.36. The van der Waals surface area contributed by atoms with Gasteiger partial charge in [-0.05, 0) is 65.7 Å². The third kappa shape index (κ3) is 6.41. The number of fused-ring (bicyclic) bond motifs is 1. The lowest BCUT2D eigenvalue weighted by Crippen LogP contribution is -2.39. The molecule has 0 aliphatic rings. The molecule has 0 spiro atoms. The number of aliphatic hydroxyl groups excluding tert-OH is 1. The molecule has 0 aromatic carbocycles. The van der Waals surface area contributed by atoms with Crippen LogP contribution in [0.1, 0.15) is 39.0 Å². The van der Waals surface area contributed by atoms with Crippen molar-refractivity contribution >= 4 is 17.1 Å². The van der Waals surface area contributed by atoms with Crippen molar-refractivity contribution < 1.29 is 5.11 Å². The van der Waals surface area contributed by atoms with Crippen LogP contribution in [0, 0.1) is 0 Å². The summed E-state index contributed by atoms with van der Waals surface area (Å²) >= 11 is 0. The number of hydrogen-bond donors (Lipinski definition) is 4. The summed E-state index contributed by atoms with van der Waals surface area (Å²) < 4.78 is 2.63. The molecule has 10 heteroatoms. The average Bonchev–Trinajstić information content (AvgIpc) is 3.11. The van der Waals surface area contributed by atoms with Crippen LogP contribution in [-0.4, -0.2) is 68.4 Å². The molecule has 10 nitrogen and oxygen atoms in total. The van der Waals surface area contributed by atoms with E-state index in [1.807, 2.05) is 0 Å². The van der Waals surface area contributed by atoms with Crippen LogP contribution < -0.4 is 22.3 Å². The number of aryl methyl sites for hydroxylation is 1. The monoisotopic (exact) mass is 409 g/mol. The molecule has 1 unspecified atom stereocenters. The van der Waals surface area contributed by atoms with Gasteiger partial charge in [-0.25, -0.2) is 4.79 Å². The molecule has 2 rings (SSSR count). The van der Waals surface area contributed by atoms with Crippen LogP contribution in [-0.2, 0) is 13.6 Å². The average molecular weight is 410 g/mol. The molecule has 164 valence electrons. The molecular formula is C19H35N7O3. The molecule has 0 amide bonds. The number of aromatic amines is 1. The van der Waals surface area contributed by atoms with Crippen LogP contribution in [0.25, 0.3) is 11.2 Å². The van der Waals surface area contributed by atoms with E-state index in [2.05, 4.69) is 27.2 Å². The molecule has 0 radical (unpaired) electrons. The molecule has 0 bridgehead atoms. The number of H-pyrrole nitrogens is 1. The lowest BCUT2D eigenvalue weighted by molar-refractivity contribution is 0.180. The quantitative estimate of drug-likeness (QED) is 0.344. The van der Waals surface area contributed by atoms with Crippen molar-refractivity contribution in [3.05, 3.63) is 20.8 Å². The highest BCUT2D eigenvalue weighted by atomic mass is 16.3. The van der Waals surface area contributed by atoms with Gasteiger partial charge in [-0.3, -0.25) is 13.9 Å². The van der Waals surface area contributed by atoms with Crippen molar-refractivity contribution in [2.45, 2.75) is 51.7 Å². The lowest BCUT2D eigenvalue weighted by atomic mass is 10.2. The van der Waals surface area contributed by atoms with Gasteiger partial charge in [0.15, 0.2) is 11.2 Å². The molecule has 0 fully saturated rings. The zero-order chi connectivity index (χ0) is 21.4. The van der Waals surface area contributed by atoms with Crippen molar-refractivity contribution in [3.8, 4) is 0 Å². The third-order valence-electron chi connectivity index (χ3n) is 4.99. The van der Waals surface area contributed by atoms with Crippen molar-refractivity contribution in [3.63, 3.8) is 0 Å². The van der Waals surface area contributed by atoms with E-state index >= 15 is 0 Å². The Kier molecular flexibility index (Phi) is 8.87. The van der Waals surface area contributed by atoms with E-state index in [0.29, 0.717) is 49.6 Å². The first-order chi connectivity index (χ1) is 13.8. The maximum atomic E-state index is 12.7. The minimum atomic E-state index is -0.376. The minimum Gasteiger partial charge on any atom is -0.393 e. The molecule has 5 N–H and O–H groups in total. The Morgan fingerprint density at radius 1 is 1.24 bits per heavy atom. The first-order valence-electron chi connectivity index (χ1n) is 10.3. The first kappa shape index (κ1) is 23.1. The van der Waals surface area contributed by atoms with Gasteiger partial charge in [0.2, 0.25) is 5.95 Å². The fourth-order valence-corrected chi connectivity index (χ4v) is 3.27. The Labute approximate surface area is 170 Å². The highest BCUT2D eigenvalue weighted by Gasteiger charge is 2.15. The standard InChI is InChI=1S/C19H35N7O3/c1-14(27)8-4-5-13-26-17(28)15-16(25(3)19(26)29)23-18(22-15)21-10-7-12-24(2)11-6-9-20/h14,27H,4-13,20H2,1-3H3,(H2,21,22,23). The summed E-state index contributed by atoms with van der Waals surface area (Å²) in [6, 6.07) is 0.